The smallest absolute Gasteiger partial charge is 0.397 e. The molecule has 1 heterocycles. The highest BCUT2D eigenvalue weighted by atomic mass is 32.3. The van der Waals surface area contributed by atoms with Crippen LogP contribution < -0.4 is 0 Å². The van der Waals surface area contributed by atoms with Crippen LogP contribution in [-0.4, -0.2) is 97.5 Å². The third kappa shape index (κ3) is 25.1. The van der Waals surface area contributed by atoms with E-state index in [-0.39, 0.29) is 19.6 Å². The van der Waals surface area contributed by atoms with E-state index in [9.17, 15) is 28.5 Å². The van der Waals surface area contributed by atoms with Crippen LogP contribution >= 0.6 is 0 Å². The molecule has 1 fully saturated rings. The summed E-state index contributed by atoms with van der Waals surface area (Å²) in [6, 6.07) is 0. The van der Waals surface area contributed by atoms with Crippen LogP contribution in [0.1, 0.15) is 136 Å². The van der Waals surface area contributed by atoms with Crippen LogP contribution in [0.15, 0.2) is 36.5 Å². The van der Waals surface area contributed by atoms with Crippen LogP contribution in [0.3, 0.4) is 0 Å². The number of aliphatic hydroxyl groups is 3. The fourth-order valence-corrected chi connectivity index (χ4v) is 6.13. The second kappa shape index (κ2) is 30.7. The van der Waals surface area contributed by atoms with Crippen molar-refractivity contribution in [3.63, 3.8) is 0 Å². The molecule has 298 valence electrons. The summed E-state index contributed by atoms with van der Waals surface area (Å²) in [7, 11) is -5.05. The van der Waals surface area contributed by atoms with Gasteiger partial charge in [0, 0.05) is 13.0 Å². The molecular weight excluding hydrogens is 680 g/mol. The molecule has 0 bridgehead atoms. The van der Waals surface area contributed by atoms with Crippen LogP contribution in [0.2, 0.25) is 0 Å². The Labute approximate surface area is 307 Å². The van der Waals surface area contributed by atoms with E-state index in [2.05, 4.69) is 54.5 Å². The van der Waals surface area contributed by atoms with Crippen molar-refractivity contribution in [3.05, 3.63) is 36.5 Å². The number of carbonyl (C=O) groups is 1. The monoisotopic (exact) mass is 748 g/mol. The van der Waals surface area contributed by atoms with E-state index in [4.69, 9.17) is 23.5 Å². The number of rotatable bonds is 32. The van der Waals surface area contributed by atoms with E-state index in [0.29, 0.717) is 13.0 Å². The van der Waals surface area contributed by atoms with Gasteiger partial charge in [0.1, 0.15) is 30.5 Å². The Bertz CT molecular complexity index is 1050. The molecule has 1 aliphatic rings. The summed E-state index contributed by atoms with van der Waals surface area (Å²) in [6.07, 6.45) is 23.5. The molecule has 51 heavy (non-hydrogen) atoms. The highest BCUT2D eigenvalue weighted by molar-refractivity contribution is 7.80. The molecule has 12 nitrogen and oxygen atoms in total. The maximum atomic E-state index is 12.7. The fourth-order valence-electron chi connectivity index (χ4n) is 5.63. The molecule has 4 N–H and O–H groups in total. The quantitative estimate of drug-likeness (QED) is 0.0249. The van der Waals surface area contributed by atoms with E-state index in [0.717, 1.165) is 70.6 Å². The first-order valence-electron chi connectivity index (χ1n) is 19.2. The van der Waals surface area contributed by atoms with Gasteiger partial charge in [-0.2, -0.15) is 8.42 Å². The molecule has 0 spiro atoms. The number of hydrogen-bond donors (Lipinski definition) is 4. The first kappa shape index (κ1) is 47.3. The van der Waals surface area contributed by atoms with Crippen LogP contribution in [0, 0.1) is 0 Å². The lowest BCUT2D eigenvalue weighted by Gasteiger charge is -2.41. The number of esters is 1. The molecule has 6 atom stereocenters. The maximum absolute atomic E-state index is 12.7. The molecule has 0 radical (unpaired) electrons. The number of unbranched alkanes of at least 4 members (excludes halogenated alkanes) is 13. The molecular formula is C38H68O12S. The molecule has 0 aromatic carbocycles. The van der Waals surface area contributed by atoms with Crippen molar-refractivity contribution >= 4 is 16.4 Å². The Balaban J connectivity index is 2.45. The summed E-state index contributed by atoms with van der Waals surface area (Å²) in [5.74, 6) is -0.413. The zero-order valence-corrected chi connectivity index (χ0v) is 32.0. The summed E-state index contributed by atoms with van der Waals surface area (Å²) in [6.45, 7) is 3.80. The van der Waals surface area contributed by atoms with Gasteiger partial charge in [-0.3, -0.25) is 9.35 Å². The number of allylic oxidation sites excluding steroid dienone is 6. The first-order chi connectivity index (χ1) is 24.6. The third-order valence-electron chi connectivity index (χ3n) is 8.53. The van der Waals surface area contributed by atoms with Crippen molar-refractivity contribution in [1.82, 2.24) is 0 Å². The normalized spacial score (nSPS) is 22.0. The minimum atomic E-state index is -5.05. The summed E-state index contributed by atoms with van der Waals surface area (Å²) in [5, 5.41) is 30.5. The lowest BCUT2D eigenvalue weighted by atomic mass is 9.99. The molecule has 1 aliphatic heterocycles. The van der Waals surface area contributed by atoms with E-state index in [1.807, 2.05) is 0 Å². The van der Waals surface area contributed by atoms with Gasteiger partial charge in [-0.15, -0.1) is 0 Å². The van der Waals surface area contributed by atoms with Crippen LogP contribution in [-0.2, 0) is 38.3 Å². The molecule has 1 saturated heterocycles. The van der Waals surface area contributed by atoms with E-state index in [1.165, 1.54) is 38.5 Å². The van der Waals surface area contributed by atoms with Gasteiger partial charge in [0.2, 0.25) is 0 Å². The largest absolute Gasteiger partial charge is 0.457 e. The maximum Gasteiger partial charge on any atom is 0.397 e. The predicted octanol–water partition coefficient (Wildman–Crippen LogP) is 6.68. The average Bonchev–Trinajstić information content (AvgIpc) is 3.09. The molecule has 13 heteroatoms. The SMILES string of the molecule is CC/C=C\C/C=C\C/C=C\CCCCCCCCCC(=O)OC(COCCCCCCCCC)COC1OC(CO)C(O)C(OS(=O)(=O)O)C1O. The molecule has 0 amide bonds. The summed E-state index contributed by atoms with van der Waals surface area (Å²) in [5.41, 5.74) is 0. The van der Waals surface area contributed by atoms with Crippen molar-refractivity contribution in [2.24, 2.45) is 0 Å². The van der Waals surface area contributed by atoms with Crippen molar-refractivity contribution in [1.29, 1.82) is 0 Å². The Hall–Kier alpha value is -1.68. The Kier molecular flexibility index (Phi) is 28.5. The van der Waals surface area contributed by atoms with Gasteiger partial charge >= 0.3 is 16.4 Å². The number of hydrogen-bond acceptors (Lipinski definition) is 11. The predicted molar refractivity (Wildman–Crippen MR) is 197 cm³/mol. The summed E-state index contributed by atoms with van der Waals surface area (Å²) < 4.78 is 58.6. The second-order valence-corrected chi connectivity index (χ2v) is 14.2. The minimum Gasteiger partial charge on any atom is -0.457 e. The summed E-state index contributed by atoms with van der Waals surface area (Å²) in [4.78, 5) is 12.7. The fraction of sp³-hybridized carbons (Fsp3) is 0.816. The van der Waals surface area contributed by atoms with Gasteiger partial charge in [-0.25, -0.2) is 4.18 Å². The van der Waals surface area contributed by atoms with E-state index in [1.54, 1.807) is 0 Å². The second-order valence-electron chi connectivity index (χ2n) is 13.1. The standard InChI is InChI=1S/C38H68O12S/c1-3-5-7-9-11-12-13-14-15-16-17-18-19-20-21-23-25-27-34(40)48-32(30-46-28-26-24-22-10-8-6-4-2)31-47-38-36(42)37(50-51(43,44)45)35(41)33(29-39)49-38/h5,7,11-12,14-15,32-33,35-39,41-42H,3-4,6,8-10,13,16-31H2,1-2H3,(H,43,44,45)/b7-5-,12-11-,15-14-. The third-order valence-corrected chi connectivity index (χ3v) is 8.99. The van der Waals surface area contributed by atoms with Crippen molar-refractivity contribution in [2.75, 3.05) is 26.4 Å². The highest BCUT2D eigenvalue weighted by Crippen LogP contribution is 2.26. The van der Waals surface area contributed by atoms with Crippen molar-refractivity contribution in [2.45, 2.75) is 173 Å². The van der Waals surface area contributed by atoms with E-state index < -0.39 is 59.8 Å². The summed E-state index contributed by atoms with van der Waals surface area (Å²) >= 11 is 0. The lowest BCUT2D eigenvalue weighted by molar-refractivity contribution is -0.301. The Morgan fingerprint density at radius 3 is 1.98 bits per heavy atom. The average molecular weight is 749 g/mol. The van der Waals surface area contributed by atoms with Crippen LogP contribution in [0.4, 0.5) is 0 Å². The number of carbonyl (C=O) groups excluding carboxylic acids is 1. The van der Waals surface area contributed by atoms with Gasteiger partial charge in [0.25, 0.3) is 0 Å². The Morgan fingerprint density at radius 1 is 0.765 bits per heavy atom. The van der Waals surface area contributed by atoms with Crippen LogP contribution in [0.25, 0.3) is 0 Å². The molecule has 0 saturated carbocycles. The van der Waals surface area contributed by atoms with Gasteiger partial charge in [-0.1, -0.05) is 121 Å². The molecule has 6 unspecified atom stereocenters. The lowest BCUT2D eigenvalue weighted by Crippen LogP contribution is -2.60. The zero-order chi connectivity index (χ0) is 37.6. The molecule has 1 rings (SSSR count). The highest BCUT2D eigenvalue weighted by Gasteiger charge is 2.48. The van der Waals surface area contributed by atoms with Crippen LogP contribution in [0.5, 0.6) is 0 Å². The minimum absolute atomic E-state index is 0.0317. The first-order valence-corrected chi connectivity index (χ1v) is 20.6. The Morgan fingerprint density at radius 2 is 1.35 bits per heavy atom. The van der Waals surface area contributed by atoms with E-state index >= 15 is 0 Å². The van der Waals surface area contributed by atoms with Gasteiger partial charge < -0.3 is 34.3 Å². The van der Waals surface area contributed by atoms with Gasteiger partial charge in [0.05, 0.1) is 19.8 Å². The molecule has 0 aromatic heterocycles. The number of aliphatic hydroxyl groups excluding tert-OH is 3. The topological polar surface area (TPSA) is 178 Å². The van der Waals surface area contributed by atoms with Crippen molar-refractivity contribution < 1.29 is 56.2 Å². The van der Waals surface area contributed by atoms with Gasteiger partial charge in [0.15, 0.2) is 6.29 Å². The van der Waals surface area contributed by atoms with Gasteiger partial charge in [-0.05, 0) is 44.9 Å². The zero-order valence-electron chi connectivity index (χ0n) is 31.2. The number of ether oxygens (including phenoxy) is 4. The van der Waals surface area contributed by atoms with Crippen molar-refractivity contribution in [3.8, 4) is 0 Å². The molecule has 0 aromatic rings. The molecule has 0 aliphatic carbocycles.